The molecule has 1 rings (SSSR count). The van der Waals surface area contributed by atoms with Gasteiger partial charge in [-0.15, -0.1) is 0 Å². The molecule has 1 aliphatic heterocycles. The molecule has 142 valence electrons. The van der Waals surface area contributed by atoms with Crippen molar-refractivity contribution in [3.05, 3.63) is 12.4 Å². The van der Waals surface area contributed by atoms with E-state index >= 15 is 0 Å². The molecule has 2 heteroatoms. The Kier molecular flexibility index (Phi) is 13.1. The van der Waals surface area contributed by atoms with Gasteiger partial charge in [-0.3, -0.25) is 0 Å². The standard InChI is InChI=1S/C22H44N2/c1-4-7-10-12-13-14-17-22-23(18-15-9-6-3)20-21-24(22)19-16-11-8-5-2/h20-22H,4-19H2,1-3H3. The molecule has 0 spiro atoms. The molecule has 1 aliphatic rings. The van der Waals surface area contributed by atoms with Crippen molar-refractivity contribution in [2.45, 2.75) is 117 Å². The van der Waals surface area contributed by atoms with E-state index in [0.29, 0.717) is 6.17 Å². The molecular weight excluding hydrogens is 292 g/mol. The van der Waals surface area contributed by atoms with Crippen LogP contribution in [0.5, 0.6) is 0 Å². The van der Waals surface area contributed by atoms with E-state index in [2.05, 4.69) is 43.0 Å². The highest BCUT2D eigenvalue weighted by atomic mass is 15.4. The minimum atomic E-state index is 0.648. The van der Waals surface area contributed by atoms with E-state index in [4.69, 9.17) is 0 Å². The maximum absolute atomic E-state index is 2.63. The van der Waals surface area contributed by atoms with Crippen LogP contribution in [0, 0.1) is 0 Å². The maximum Gasteiger partial charge on any atom is 0.101 e. The number of hydrogen-bond donors (Lipinski definition) is 0. The first-order valence-electron chi connectivity index (χ1n) is 11.0. The predicted octanol–water partition coefficient (Wildman–Crippen LogP) is 6.92. The number of hydrogen-bond acceptors (Lipinski definition) is 2. The molecule has 0 bridgehead atoms. The lowest BCUT2D eigenvalue weighted by Gasteiger charge is -2.33. The van der Waals surface area contributed by atoms with Crippen LogP contribution in [0.15, 0.2) is 12.4 Å². The predicted molar refractivity (Wildman–Crippen MR) is 108 cm³/mol. The van der Waals surface area contributed by atoms with Crippen molar-refractivity contribution in [2.75, 3.05) is 13.1 Å². The summed E-state index contributed by atoms with van der Waals surface area (Å²) in [5, 5.41) is 0. The van der Waals surface area contributed by atoms with Gasteiger partial charge in [0, 0.05) is 25.5 Å². The molecule has 0 saturated heterocycles. The monoisotopic (exact) mass is 336 g/mol. The van der Waals surface area contributed by atoms with Crippen molar-refractivity contribution in [3.8, 4) is 0 Å². The summed E-state index contributed by atoms with van der Waals surface area (Å²) in [6.45, 7) is 9.40. The van der Waals surface area contributed by atoms with E-state index in [-0.39, 0.29) is 0 Å². The zero-order chi connectivity index (χ0) is 17.5. The van der Waals surface area contributed by atoms with E-state index in [1.54, 1.807) is 0 Å². The topological polar surface area (TPSA) is 6.48 Å². The minimum absolute atomic E-state index is 0.648. The summed E-state index contributed by atoms with van der Waals surface area (Å²) in [5.74, 6) is 0. The largest absolute Gasteiger partial charge is 0.356 e. The second kappa shape index (κ2) is 14.7. The molecule has 0 saturated carbocycles. The molecule has 0 aromatic heterocycles. The molecule has 1 atom stereocenters. The molecule has 0 aromatic rings. The zero-order valence-electron chi connectivity index (χ0n) is 16.9. The molecule has 0 N–H and O–H groups in total. The number of unbranched alkanes of at least 4 members (excludes halogenated alkanes) is 10. The summed E-state index contributed by atoms with van der Waals surface area (Å²) in [6.07, 6.45) is 24.7. The Bertz CT molecular complexity index is 300. The van der Waals surface area contributed by atoms with Gasteiger partial charge in [0.25, 0.3) is 0 Å². The fraction of sp³-hybridized carbons (Fsp3) is 0.909. The Hall–Kier alpha value is -0.660. The molecule has 1 unspecified atom stereocenters. The van der Waals surface area contributed by atoms with Gasteiger partial charge in [0.1, 0.15) is 6.17 Å². The van der Waals surface area contributed by atoms with Crippen LogP contribution in [-0.2, 0) is 0 Å². The van der Waals surface area contributed by atoms with Gasteiger partial charge >= 0.3 is 0 Å². The lowest BCUT2D eigenvalue weighted by atomic mass is 10.1. The van der Waals surface area contributed by atoms with Gasteiger partial charge in [0.05, 0.1) is 0 Å². The van der Waals surface area contributed by atoms with Crippen molar-refractivity contribution in [1.29, 1.82) is 0 Å². The van der Waals surface area contributed by atoms with Gasteiger partial charge in [0.2, 0.25) is 0 Å². The SMILES string of the molecule is CCCCCCCCC1N(CCCCC)C=CN1CCCCCC. The average Bonchev–Trinajstić information content (AvgIpc) is 2.97. The first kappa shape index (κ1) is 21.4. The third-order valence-electron chi connectivity index (χ3n) is 5.32. The van der Waals surface area contributed by atoms with Crippen LogP contribution >= 0.6 is 0 Å². The molecular formula is C22H44N2. The third kappa shape index (κ3) is 8.99. The Balaban J connectivity index is 2.33. The Labute approximate surface area is 152 Å². The zero-order valence-corrected chi connectivity index (χ0v) is 16.9. The van der Waals surface area contributed by atoms with Crippen LogP contribution in [0.1, 0.15) is 111 Å². The average molecular weight is 337 g/mol. The summed E-state index contributed by atoms with van der Waals surface area (Å²) in [7, 11) is 0. The summed E-state index contributed by atoms with van der Waals surface area (Å²) in [4.78, 5) is 5.26. The minimum Gasteiger partial charge on any atom is -0.356 e. The van der Waals surface area contributed by atoms with E-state index < -0.39 is 0 Å². The van der Waals surface area contributed by atoms with E-state index in [9.17, 15) is 0 Å². The molecule has 2 nitrogen and oxygen atoms in total. The first-order valence-corrected chi connectivity index (χ1v) is 11.0. The molecule has 0 radical (unpaired) electrons. The molecule has 0 fully saturated rings. The summed E-state index contributed by atoms with van der Waals surface area (Å²) in [5.41, 5.74) is 0. The van der Waals surface area contributed by atoms with Crippen LogP contribution in [0.3, 0.4) is 0 Å². The van der Waals surface area contributed by atoms with Crippen molar-refractivity contribution in [1.82, 2.24) is 9.80 Å². The van der Waals surface area contributed by atoms with Crippen molar-refractivity contribution in [3.63, 3.8) is 0 Å². The van der Waals surface area contributed by atoms with Gasteiger partial charge in [-0.25, -0.2) is 0 Å². The summed E-state index contributed by atoms with van der Waals surface area (Å²) < 4.78 is 0. The van der Waals surface area contributed by atoms with E-state index in [1.807, 2.05) is 0 Å². The molecule has 0 aliphatic carbocycles. The van der Waals surface area contributed by atoms with E-state index in [0.717, 1.165) is 0 Å². The molecule has 0 aromatic carbocycles. The summed E-state index contributed by atoms with van der Waals surface area (Å²) in [6, 6.07) is 0. The second-order valence-electron chi connectivity index (χ2n) is 7.58. The van der Waals surface area contributed by atoms with Gasteiger partial charge in [-0.1, -0.05) is 85.0 Å². The van der Waals surface area contributed by atoms with Crippen LogP contribution in [0.2, 0.25) is 0 Å². The second-order valence-corrected chi connectivity index (χ2v) is 7.58. The van der Waals surface area contributed by atoms with Crippen LogP contribution in [0.4, 0.5) is 0 Å². The van der Waals surface area contributed by atoms with Gasteiger partial charge < -0.3 is 9.80 Å². The number of nitrogens with zero attached hydrogens (tertiary/aromatic N) is 2. The molecule has 24 heavy (non-hydrogen) atoms. The quantitative estimate of drug-likeness (QED) is 0.282. The first-order chi connectivity index (χ1) is 11.8. The highest BCUT2D eigenvalue weighted by Gasteiger charge is 2.24. The normalized spacial score (nSPS) is 17.2. The lowest BCUT2D eigenvalue weighted by Crippen LogP contribution is -2.39. The summed E-state index contributed by atoms with van der Waals surface area (Å²) >= 11 is 0. The highest BCUT2D eigenvalue weighted by Crippen LogP contribution is 2.23. The fourth-order valence-electron chi connectivity index (χ4n) is 3.71. The highest BCUT2D eigenvalue weighted by molar-refractivity contribution is 4.96. The third-order valence-corrected chi connectivity index (χ3v) is 5.32. The van der Waals surface area contributed by atoms with Crippen LogP contribution < -0.4 is 0 Å². The van der Waals surface area contributed by atoms with Gasteiger partial charge in [-0.05, 0) is 25.7 Å². The molecule has 0 amide bonds. The Morgan fingerprint density at radius 3 is 1.54 bits per heavy atom. The van der Waals surface area contributed by atoms with E-state index in [1.165, 1.54) is 103 Å². The van der Waals surface area contributed by atoms with Gasteiger partial charge in [0.15, 0.2) is 0 Å². The smallest absolute Gasteiger partial charge is 0.101 e. The van der Waals surface area contributed by atoms with Crippen molar-refractivity contribution in [2.24, 2.45) is 0 Å². The van der Waals surface area contributed by atoms with Gasteiger partial charge in [-0.2, -0.15) is 0 Å². The Morgan fingerprint density at radius 2 is 0.958 bits per heavy atom. The maximum atomic E-state index is 2.63. The Morgan fingerprint density at radius 1 is 0.542 bits per heavy atom. The van der Waals surface area contributed by atoms with Crippen molar-refractivity contribution >= 4 is 0 Å². The fourth-order valence-corrected chi connectivity index (χ4v) is 3.71. The number of rotatable bonds is 16. The lowest BCUT2D eigenvalue weighted by molar-refractivity contribution is 0.135. The van der Waals surface area contributed by atoms with Crippen LogP contribution in [-0.4, -0.2) is 29.1 Å². The van der Waals surface area contributed by atoms with Crippen LogP contribution in [0.25, 0.3) is 0 Å². The molecule has 1 heterocycles. The van der Waals surface area contributed by atoms with Crippen molar-refractivity contribution < 1.29 is 0 Å².